The lowest BCUT2D eigenvalue weighted by atomic mass is 10.0. The topological polar surface area (TPSA) is 77.8 Å². The van der Waals surface area contributed by atoms with Crippen molar-refractivity contribution in [3.63, 3.8) is 0 Å². The minimum Gasteiger partial charge on any atom is -0.497 e. The Balaban J connectivity index is 1.88. The molecule has 0 aliphatic rings. The molecule has 186 valence electrons. The van der Waals surface area contributed by atoms with Gasteiger partial charge in [-0.1, -0.05) is 12.1 Å². The van der Waals surface area contributed by atoms with Crippen LogP contribution in [0.3, 0.4) is 0 Å². The zero-order chi connectivity index (χ0) is 25.9. The molecule has 0 aliphatic carbocycles. The molecule has 0 saturated heterocycles. The lowest BCUT2D eigenvalue weighted by Crippen LogP contribution is -2.19. The number of hydrogen-bond donors (Lipinski definition) is 1. The van der Waals surface area contributed by atoms with Gasteiger partial charge in [-0.2, -0.15) is 0 Å². The molecule has 7 nitrogen and oxygen atoms in total. The molecule has 0 unspecified atom stereocenters. The number of alkyl halides is 3. The molecule has 4 aromatic rings. The largest absolute Gasteiger partial charge is 0.573 e. The molecule has 1 aromatic heterocycles. The van der Waals surface area contributed by atoms with Crippen molar-refractivity contribution in [2.24, 2.45) is 4.99 Å². The van der Waals surface area contributed by atoms with E-state index in [-0.39, 0.29) is 17.0 Å². The van der Waals surface area contributed by atoms with Crippen molar-refractivity contribution < 1.29 is 27.4 Å². The van der Waals surface area contributed by atoms with Gasteiger partial charge in [0.2, 0.25) is 0 Å². The van der Waals surface area contributed by atoms with Gasteiger partial charge in [-0.15, -0.1) is 13.2 Å². The van der Waals surface area contributed by atoms with Crippen molar-refractivity contribution in [3.8, 4) is 34.2 Å². The van der Waals surface area contributed by atoms with Gasteiger partial charge in [-0.25, -0.2) is 9.67 Å². The predicted molar refractivity (Wildman–Crippen MR) is 130 cm³/mol. The average molecular weight is 497 g/mol. The Kier molecular flexibility index (Phi) is 6.86. The highest BCUT2D eigenvalue weighted by molar-refractivity contribution is 6.05. The summed E-state index contributed by atoms with van der Waals surface area (Å²) in [6, 6.07) is 19.3. The second kappa shape index (κ2) is 10.0. The first-order chi connectivity index (χ1) is 17.2. The van der Waals surface area contributed by atoms with Crippen LogP contribution < -0.4 is 19.8 Å². The number of aliphatic imine (C=N–C) groups is 1. The quantitative estimate of drug-likeness (QED) is 0.323. The van der Waals surface area contributed by atoms with Gasteiger partial charge in [0, 0.05) is 5.56 Å². The van der Waals surface area contributed by atoms with E-state index in [0.717, 1.165) is 6.07 Å². The zero-order valence-electron chi connectivity index (χ0n) is 19.6. The molecule has 4 rings (SSSR count). The number of nitrogens with zero attached hydrogens (tertiary/aromatic N) is 2. The number of benzene rings is 3. The third-order valence-electron chi connectivity index (χ3n) is 5.34. The standard InChI is InChI=1S/C26H22F3N3O4/c1-16(30-21-6-4-5-7-22(21)36-26(27,28)29)23-24(17-8-12-19(34-2)13-9-17)31-32(25(23)33)18-10-14-20(35-3)15-11-18/h4-15,31H,1-3H3. The molecule has 0 aliphatic heterocycles. The third kappa shape index (κ3) is 5.27. The van der Waals surface area contributed by atoms with Crippen LogP contribution in [0.2, 0.25) is 0 Å². The Bertz CT molecular complexity index is 1440. The third-order valence-corrected chi connectivity index (χ3v) is 5.34. The van der Waals surface area contributed by atoms with Crippen LogP contribution in [0.15, 0.2) is 82.6 Å². The Morgan fingerprint density at radius 2 is 1.47 bits per heavy atom. The zero-order valence-corrected chi connectivity index (χ0v) is 19.6. The SMILES string of the molecule is COc1ccc(-c2[nH]n(-c3ccc(OC)cc3)c(=O)c2C(C)=Nc2ccccc2OC(F)(F)F)cc1. The first-order valence-electron chi connectivity index (χ1n) is 10.7. The van der Waals surface area contributed by atoms with Crippen molar-refractivity contribution in [3.05, 3.63) is 88.7 Å². The van der Waals surface area contributed by atoms with Crippen molar-refractivity contribution in [1.82, 2.24) is 9.78 Å². The molecule has 10 heteroatoms. The van der Waals surface area contributed by atoms with Crippen LogP contribution in [0.4, 0.5) is 18.9 Å². The molecule has 3 aromatic carbocycles. The molecule has 36 heavy (non-hydrogen) atoms. The van der Waals surface area contributed by atoms with Crippen molar-refractivity contribution in [2.75, 3.05) is 14.2 Å². The number of rotatable bonds is 7. The summed E-state index contributed by atoms with van der Waals surface area (Å²) in [6.45, 7) is 1.56. The van der Waals surface area contributed by atoms with Gasteiger partial charge in [0.1, 0.15) is 17.2 Å². The molecule has 1 N–H and O–H groups in total. The normalized spacial score (nSPS) is 11.9. The number of aromatic amines is 1. The Hall–Kier alpha value is -4.47. The highest BCUT2D eigenvalue weighted by Gasteiger charge is 2.32. The summed E-state index contributed by atoms with van der Waals surface area (Å²) in [7, 11) is 3.08. The number of ether oxygens (including phenoxy) is 3. The minimum atomic E-state index is -4.89. The van der Waals surface area contributed by atoms with Gasteiger partial charge in [0.15, 0.2) is 5.75 Å². The van der Waals surface area contributed by atoms with Gasteiger partial charge < -0.3 is 14.2 Å². The summed E-state index contributed by atoms with van der Waals surface area (Å²) in [5, 5.41) is 3.11. The molecular formula is C26H22F3N3O4. The van der Waals surface area contributed by atoms with Crippen LogP contribution in [0.5, 0.6) is 17.2 Å². The van der Waals surface area contributed by atoms with E-state index in [2.05, 4.69) is 14.8 Å². The van der Waals surface area contributed by atoms with E-state index in [1.807, 2.05) is 0 Å². The van der Waals surface area contributed by atoms with E-state index in [9.17, 15) is 18.0 Å². The van der Waals surface area contributed by atoms with Crippen LogP contribution in [-0.2, 0) is 0 Å². The highest BCUT2D eigenvalue weighted by atomic mass is 19.4. The number of hydrogen-bond acceptors (Lipinski definition) is 5. The molecule has 0 atom stereocenters. The predicted octanol–water partition coefficient (Wildman–Crippen LogP) is 5.89. The van der Waals surface area contributed by atoms with Crippen molar-refractivity contribution >= 4 is 11.4 Å². The van der Waals surface area contributed by atoms with Crippen LogP contribution >= 0.6 is 0 Å². The first kappa shape index (κ1) is 24.6. The summed E-state index contributed by atoms with van der Waals surface area (Å²) in [5.41, 5.74) is 1.53. The Labute approximate surface area is 204 Å². The summed E-state index contributed by atoms with van der Waals surface area (Å²) >= 11 is 0. The number of para-hydroxylation sites is 2. The molecular weight excluding hydrogens is 475 g/mol. The summed E-state index contributed by atoms with van der Waals surface area (Å²) in [4.78, 5) is 17.9. The van der Waals surface area contributed by atoms with Crippen molar-refractivity contribution in [2.45, 2.75) is 13.3 Å². The minimum absolute atomic E-state index is 0.0652. The van der Waals surface area contributed by atoms with E-state index in [4.69, 9.17) is 9.47 Å². The lowest BCUT2D eigenvalue weighted by molar-refractivity contribution is -0.274. The van der Waals surface area contributed by atoms with Crippen molar-refractivity contribution in [1.29, 1.82) is 0 Å². The number of nitrogens with one attached hydrogen (secondary N) is 1. The second-order valence-electron chi connectivity index (χ2n) is 7.64. The fourth-order valence-corrected chi connectivity index (χ4v) is 3.65. The van der Waals surface area contributed by atoms with Gasteiger partial charge in [-0.05, 0) is 67.6 Å². The first-order valence-corrected chi connectivity index (χ1v) is 10.7. The van der Waals surface area contributed by atoms with Gasteiger partial charge >= 0.3 is 6.36 Å². The molecule has 1 heterocycles. The van der Waals surface area contributed by atoms with Gasteiger partial charge in [0.05, 0.1) is 36.9 Å². The monoisotopic (exact) mass is 497 g/mol. The number of halogens is 3. The fraction of sp³-hybridized carbons (Fsp3) is 0.154. The molecule has 0 saturated carbocycles. The lowest BCUT2D eigenvalue weighted by Gasteiger charge is -2.11. The van der Waals surface area contributed by atoms with E-state index in [0.29, 0.717) is 28.4 Å². The number of H-pyrrole nitrogens is 1. The maximum Gasteiger partial charge on any atom is 0.573 e. The van der Waals surface area contributed by atoms with Crippen LogP contribution in [0.25, 0.3) is 16.9 Å². The molecule has 0 radical (unpaired) electrons. The smallest absolute Gasteiger partial charge is 0.497 e. The van der Waals surface area contributed by atoms with E-state index < -0.39 is 17.7 Å². The molecule has 0 amide bonds. The Morgan fingerprint density at radius 1 is 0.889 bits per heavy atom. The van der Waals surface area contributed by atoms with E-state index >= 15 is 0 Å². The highest BCUT2D eigenvalue weighted by Crippen LogP contribution is 2.33. The summed E-state index contributed by atoms with van der Waals surface area (Å²) in [6.07, 6.45) is -4.89. The van der Waals surface area contributed by atoms with Crippen LogP contribution in [-0.4, -0.2) is 36.1 Å². The average Bonchev–Trinajstić information content (AvgIpc) is 3.21. The second-order valence-corrected chi connectivity index (χ2v) is 7.64. The summed E-state index contributed by atoms with van der Waals surface area (Å²) < 4.78 is 54.5. The maximum absolute atomic E-state index is 13.6. The van der Waals surface area contributed by atoms with Crippen LogP contribution in [0.1, 0.15) is 12.5 Å². The maximum atomic E-state index is 13.6. The summed E-state index contributed by atoms with van der Waals surface area (Å²) in [5.74, 6) is 0.773. The van der Waals surface area contributed by atoms with Gasteiger partial charge in [0.25, 0.3) is 5.56 Å². The number of methoxy groups -OCH3 is 2. The number of aromatic nitrogens is 2. The fourth-order valence-electron chi connectivity index (χ4n) is 3.65. The molecule has 0 bridgehead atoms. The van der Waals surface area contributed by atoms with E-state index in [1.165, 1.54) is 30.0 Å². The van der Waals surface area contributed by atoms with E-state index in [1.54, 1.807) is 62.6 Å². The molecule has 0 fully saturated rings. The van der Waals surface area contributed by atoms with Gasteiger partial charge in [-0.3, -0.25) is 9.89 Å². The molecule has 0 spiro atoms. The Morgan fingerprint density at radius 3 is 2.06 bits per heavy atom. The van der Waals surface area contributed by atoms with Crippen LogP contribution in [0, 0.1) is 0 Å².